The lowest BCUT2D eigenvalue weighted by atomic mass is 10.2. The monoisotopic (exact) mass is 327 g/mol. The van der Waals surface area contributed by atoms with Crippen LogP contribution in [0.3, 0.4) is 0 Å². The molecule has 0 amide bonds. The molecule has 0 fully saturated rings. The number of aromatic nitrogens is 2. The highest BCUT2D eigenvalue weighted by Gasteiger charge is 2.12. The molecular formula is C21H17N3O. The molecule has 3 aromatic carbocycles. The van der Waals surface area contributed by atoms with Gasteiger partial charge in [0, 0.05) is 5.39 Å². The van der Waals surface area contributed by atoms with Gasteiger partial charge in [0.1, 0.15) is 5.49 Å². The molecular weight excluding hydrogens is 310 g/mol. The highest BCUT2D eigenvalue weighted by atomic mass is 16.1. The normalized spacial score (nSPS) is 10.9. The molecule has 4 rings (SSSR count). The van der Waals surface area contributed by atoms with Gasteiger partial charge >= 0.3 is 5.69 Å². The Morgan fingerprint density at radius 2 is 1.36 bits per heavy atom. The van der Waals surface area contributed by atoms with Gasteiger partial charge in [0.05, 0.1) is 17.7 Å². The average molecular weight is 327 g/mol. The summed E-state index contributed by atoms with van der Waals surface area (Å²) in [6, 6.07) is 26.8. The molecule has 0 spiro atoms. The van der Waals surface area contributed by atoms with Gasteiger partial charge in [-0.2, -0.15) is 0 Å². The van der Waals surface area contributed by atoms with E-state index in [4.69, 9.17) is 5.41 Å². The van der Waals surface area contributed by atoms with Crippen molar-refractivity contribution in [2.75, 3.05) is 0 Å². The SMILES string of the molecule is N=c1c2ccccc2n(Cc2ccccc2)c(=O)n1-c1ccccc1. The van der Waals surface area contributed by atoms with Crippen LogP contribution < -0.4 is 11.2 Å². The van der Waals surface area contributed by atoms with Crippen LogP contribution in [-0.2, 0) is 6.54 Å². The van der Waals surface area contributed by atoms with Gasteiger partial charge < -0.3 is 0 Å². The van der Waals surface area contributed by atoms with Crippen molar-refractivity contribution >= 4 is 10.9 Å². The molecule has 0 saturated heterocycles. The summed E-state index contributed by atoms with van der Waals surface area (Å²) in [6.45, 7) is 0.466. The Labute approximate surface area is 144 Å². The lowest BCUT2D eigenvalue weighted by Gasteiger charge is -2.15. The van der Waals surface area contributed by atoms with E-state index in [1.165, 1.54) is 4.57 Å². The van der Waals surface area contributed by atoms with Crippen molar-refractivity contribution in [3.63, 3.8) is 0 Å². The van der Waals surface area contributed by atoms with E-state index in [-0.39, 0.29) is 11.2 Å². The summed E-state index contributed by atoms with van der Waals surface area (Å²) in [5.41, 5.74) is 2.51. The summed E-state index contributed by atoms with van der Waals surface area (Å²) in [5, 5.41) is 9.30. The molecule has 1 aromatic heterocycles. The zero-order valence-electron chi connectivity index (χ0n) is 13.6. The molecule has 4 heteroatoms. The second-order valence-electron chi connectivity index (χ2n) is 5.89. The molecule has 25 heavy (non-hydrogen) atoms. The molecule has 1 heterocycles. The summed E-state index contributed by atoms with van der Waals surface area (Å²) >= 11 is 0. The van der Waals surface area contributed by atoms with Gasteiger partial charge in [-0.05, 0) is 29.8 Å². The number of hydrogen-bond donors (Lipinski definition) is 1. The van der Waals surface area contributed by atoms with E-state index in [0.29, 0.717) is 12.2 Å². The maximum Gasteiger partial charge on any atom is 0.335 e. The van der Waals surface area contributed by atoms with Gasteiger partial charge in [0.25, 0.3) is 0 Å². The van der Waals surface area contributed by atoms with Crippen LogP contribution in [0.25, 0.3) is 16.6 Å². The molecule has 122 valence electrons. The van der Waals surface area contributed by atoms with Gasteiger partial charge in [-0.3, -0.25) is 9.98 Å². The topological polar surface area (TPSA) is 50.8 Å². The molecule has 0 atom stereocenters. The standard InChI is InChI=1S/C21H17N3O/c22-20-18-13-7-8-14-19(18)23(15-16-9-3-1-4-10-16)21(25)24(20)17-11-5-2-6-12-17/h1-14,22H,15H2. The molecule has 1 N–H and O–H groups in total. The highest BCUT2D eigenvalue weighted by Crippen LogP contribution is 2.12. The summed E-state index contributed by atoms with van der Waals surface area (Å²) in [5.74, 6) is 0. The van der Waals surface area contributed by atoms with Crippen LogP contribution in [0.15, 0.2) is 89.7 Å². The third-order valence-electron chi connectivity index (χ3n) is 4.29. The van der Waals surface area contributed by atoms with Gasteiger partial charge in [-0.1, -0.05) is 60.7 Å². The Kier molecular flexibility index (Phi) is 3.78. The van der Waals surface area contributed by atoms with Crippen molar-refractivity contribution in [3.8, 4) is 5.69 Å². The Morgan fingerprint density at radius 1 is 0.760 bits per heavy atom. The minimum absolute atomic E-state index is 0.205. The fourth-order valence-corrected chi connectivity index (χ4v) is 3.08. The minimum atomic E-state index is -0.209. The van der Waals surface area contributed by atoms with Gasteiger partial charge in [-0.15, -0.1) is 0 Å². The number of para-hydroxylation sites is 2. The van der Waals surface area contributed by atoms with E-state index >= 15 is 0 Å². The van der Waals surface area contributed by atoms with E-state index in [9.17, 15) is 4.79 Å². The zero-order valence-corrected chi connectivity index (χ0v) is 13.6. The number of nitrogens with one attached hydrogen (secondary N) is 1. The lowest BCUT2D eigenvalue weighted by molar-refractivity contribution is 0.704. The summed E-state index contributed by atoms with van der Waals surface area (Å²) in [4.78, 5) is 13.2. The van der Waals surface area contributed by atoms with E-state index in [0.717, 1.165) is 16.5 Å². The predicted octanol–water partition coefficient (Wildman–Crippen LogP) is 3.32. The van der Waals surface area contributed by atoms with Crippen molar-refractivity contribution < 1.29 is 0 Å². The number of fused-ring (bicyclic) bond motifs is 1. The van der Waals surface area contributed by atoms with Crippen LogP contribution >= 0.6 is 0 Å². The molecule has 0 bridgehead atoms. The first-order chi connectivity index (χ1) is 12.3. The van der Waals surface area contributed by atoms with Gasteiger partial charge in [0.2, 0.25) is 0 Å². The van der Waals surface area contributed by atoms with Crippen LogP contribution in [0.1, 0.15) is 5.56 Å². The lowest BCUT2D eigenvalue weighted by Crippen LogP contribution is -2.39. The molecule has 0 aliphatic carbocycles. The van der Waals surface area contributed by atoms with Crippen molar-refractivity contribution in [3.05, 3.63) is 106 Å². The van der Waals surface area contributed by atoms with E-state index < -0.39 is 0 Å². The number of rotatable bonds is 3. The third kappa shape index (κ3) is 2.68. The van der Waals surface area contributed by atoms with Crippen LogP contribution in [0.4, 0.5) is 0 Å². The van der Waals surface area contributed by atoms with Crippen molar-refractivity contribution in [2.45, 2.75) is 6.54 Å². The molecule has 0 aliphatic heterocycles. The fourth-order valence-electron chi connectivity index (χ4n) is 3.08. The largest absolute Gasteiger partial charge is 0.335 e. The number of benzene rings is 3. The van der Waals surface area contributed by atoms with Crippen LogP contribution in [0.2, 0.25) is 0 Å². The molecule has 4 nitrogen and oxygen atoms in total. The van der Waals surface area contributed by atoms with E-state index in [1.54, 1.807) is 4.57 Å². The molecule has 0 unspecified atom stereocenters. The van der Waals surface area contributed by atoms with Crippen molar-refractivity contribution in [2.24, 2.45) is 0 Å². The predicted molar refractivity (Wildman–Crippen MR) is 98.9 cm³/mol. The summed E-state index contributed by atoms with van der Waals surface area (Å²) < 4.78 is 3.20. The van der Waals surface area contributed by atoms with Crippen LogP contribution in [-0.4, -0.2) is 9.13 Å². The van der Waals surface area contributed by atoms with Crippen molar-refractivity contribution in [1.29, 1.82) is 5.41 Å². The van der Waals surface area contributed by atoms with Gasteiger partial charge in [-0.25, -0.2) is 9.36 Å². The quantitative estimate of drug-likeness (QED) is 0.616. The van der Waals surface area contributed by atoms with Gasteiger partial charge in [0.15, 0.2) is 0 Å². The molecule has 0 saturated carbocycles. The molecule has 0 radical (unpaired) electrons. The maximum absolute atomic E-state index is 13.2. The summed E-state index contributed by atoms with van der Waals surface area (Å²) in [7, 11) is 0. The number of nitrogens with zero attached hydrogens (tertiary/aromatic N) is 2. The minimum Gasteiger partial charge on any atom is -0.289 e. The Bertz CT molecular complexity index is 1140. The zero-order chi connectivity index (χ0) is 17.2. The first kappa shape index (κ1) is 15.1. The second-order valence-corrected chi connectivity index (χ2v) is 5.89. The molecule has 0 aliphatic rings. The highest BCUT2D eigenvalue weighted by molar-refractivity contribution is 5.78. The smallest absolute Gasteiger partial charge is 0.289 e. The third-order valence-corrected chi connectivity index (χ3v) is 4.29. The Morgan fingerprint density at radius 3 is 2.08 bits per heavy atom. The maximum atomic E-state index is 13.2. The second kappa shape index (κ2) is 6.24. The van der Waals surface area contributed by atoms with Crippen LogP contribution in [0, 0.1) is 5.41 Å². The average Bonchev–Trinajstić information content (AvgIpc) is 2.67. The van der Waals surface area contributed by atoms with Crippen molar-refractivity contribution in [1.82, 2.24) is 9.13 Å². The Hall–Kier alpha value is -3.40. The number of hydrogen-bond acceptors (Lipinski definition) is 2. The first-order valence-electron chi connectivity index (χ1n) is 8.14. The van der Waals surface area contributed by atoms with E-state index in [1.807, 2.05) is 84.9 Å². The fraction of sp³-hybridized carbons (Fsp3) is 0.0476. The first-order valence-corrected chi connectivity index (χ1v) is 8.14. The Balaban J connectivity index is 2.05. The van der Waals surface area contributed by atoms with Crippen LogP contribution in [0.5, 0.6) is 0 Å². The van der Waals surface area contributed by atoms with E-state index in [2.05, 4.69) is 0 Å². The summed E-state index contributed by atoms with van der Waals surface area (Å²) in [6.07, 6.45) is 0. The molecule has 4 aromatic rings.